The van der Waals surface area contributed by atoms with Gasteiger partial charge in [0.2, 0.25) is 0 Å². The number of halogens is 1. The first-order valence-corrected chi connectivity index (χ1v) is 4.45. The van der Waals surface area contributed by atoms with Gasteiger partial charge in [-0.3, -0.25) is 0 Å². The molecule has 2 nitrogen and oxygen atoms in total. The Bertz CT molecular complexity index is 447. The highest BCUT2D eigenvalue weighted by Gasteiger charge is 2.06. The summed E-state index contributed by atoms with van der Waals surface area (Å²) in [5.74, 6) is 0. The molecule has 0 aliphatic carbocycles. The number of hydrogen-bond donors (Lipinski definition) is 1. The molecule has 2 aromatic rings. The number of aromatic nitrogens is 1. The molecule has 0 radical (unpaired) electrons. The van der Waals surface area contributed by atoms with Crippen LogP contribution in [-0.2, 0) is 13.7 Å². The van der Waals surface area contributed by atoms with Gasteiger partial charge in [0.05, 0.1) is 11.6 Å². The summed E-state index contributed by atoms with van der Waals surface area (Å²) in [7, 11) is 1.97. The van der Waals surface area contributed by atoms with Crippen molar-refractivity contribution in [1.29, 1.82) is 0 Å². The predicted molar refractivity (Wildman–Crippen MR) is 53.9 cm³/mol. The smallest absolute Gasteiger partial charge is 0.0696 e. The van der Waals surface area contributed by atoms with Crippen LogP contribution in [0.5, 0.6) is 0 Å². The van der Waals surface area contributed by atoms with Crippen molar-refractivity contribution in [3.8, 4) is 0 Å². The second kappa shape index (κ2) is 3.05. The molecular weight excluding hydrogens is 186 g/mol. The fourth-order valence-corrected chi connectivity index (χ4v) is 1.77. The Kier molecular flexibility index (Phi) is 2.02. The average molecular weight is 196 g/mol. The normalized spacial score (nSPS) is 11.0. The summed E-state index contributed by atoms with van der Waals surface area (Å²) in [5.41, 5.74) is 1.86. The van der Waals surface area contributed by atoms with Crippen LogP contribution in [-0.4, -0.2) is 9.67 Å². The molecule has 0 aliphatic rings. The third-order valence-corrected chi connectivity index (χ3v) is 2.70. The van der Waals surface area contributed by atoms with E-state index in [1.54, 1.807) is 0 Å². The number of rotatable bonds is 1. The molecule has 0 amide bonds. The van der Waals surface area contributed by atoms with Gasteiger partial charge in [0.15, 0.2) is 0 Å². The van der Waals surface area contributed by atoms with Crippen molar-refractivity contribution in [3.63, 3.8) is 0 Å². The van der Waals surface area contributed by atoms with Crippen LogP contribution in [0.15, 0.2) is 24.4 Å². The molecule has 0 aliphatic heterocycles. The zero-order valence-corrected chi connectivity index (χ0v) is 8.04. The second-order valence-electron chi connectivity index (χ2n) is 3.06. The summed E-state index contributed by atoms with van der Waals surface area (Å²) in [4.78, 5) is 0. The van der Waals surface area contributed by atoms with Crippen LogP contribution in [0.25, 0.3) is 10.9 Å². The molecule has 68 valence electrons. The zero-order valence-electron chi connectivity index (χ0n) is 7.29. The molecule has 1 N–H and O–H groups in total. The number of benzene rings is 1. The van der Waals surface area contributed by atoms with Crippen LogP contribution >= 0.6 is 11.6 Å². The zero-order chi connectivity index (χ0) is 9.42. The molecule has 1 aromatic heterocycles. The number of nitrogens with zero attached hydrogens (tertiary/aromatic N) is 1. The van der Waals surface area contributed by atoms with Gasteiger partial charge in [0, 0.05) is 24.1 Å². The molecule has 13 heavy (non-hydrogen) atoms. The van der Waals surface area contributed by atoms with E-state index in [1.807, 2.05) is 36.0 Å². The molecule has 1 heterocycles. The molecule has 0 atom stereocenters. The van der Waals surface area contributed by atoms with Crippen molar-refractivity contribution < 1.29 is 5.11 Å². The summed E-state index contributed by atoms with van der Waals surface area (Å²) in [6.45, 7) is -0.0103. The van der Waals surface area contributed by atoms with Gasteiger partial charge in [-0.25, -0.2) is 0 Å². The van der Waals surface area contributed by atoms with Crippen LogP contribution in [0.4, 0.5) is 0 Å². The third-order valence-electron chi connectivity index (χ3n) is 2.25. The van der Waals surface area contributed by atoms with Crippen molar-refractivity contribution in [2.45, 2.75) is 6.61 Å². The molecule has 0 saturated heterocycles. The average Bonchev–Trinajstić information content (AvgIpc) is 2.50. The highest BCUT2D eigenvalue weighted by atomic mass is 35.5. The Morgan fingerprint density at radius 3 is 2.85 bits per heavy atom. The van der Waals surface area contributed by atoms with E-state index < -0.39 is 0 Å². The number of hydrogen-bond acceptors (Lipinski definition) is 1. The molecule has 1 aromatic carbocycles. The Balaban J connectivity index is 2.80. The van der Waals surface area contributed by atoms with Crippen LogP contribution in [0.3, 0.4) is 0 Å². The first kappa shape index (κ1) is 8.60. The van der Waals surface area contributed by atoms with E-state index in [4.69, 9.17) is 16.7 Å². The van der Waals surface area contributed by atoms with Gasteiger partial charge in [-0.2, -0.15) is 0 Å². The van der Waals surface area contributed by atoms with Crippen molar-refractivity contribution in [2.24, 2.45) is 7.05 Å². The summed E-state index contributed by atoms with van der Waals surface area (Å²) < 4.78 is 2.00. The Morgan fingerprint density at radius 1 is 1.38 bits per heavy atom. The van der Waals surface area contributed by atoms with Gasteiger partial charge >= 0.3 is 0 Å². The van der Waals surface area contributed by atoms with Gasteiger partial charge < -0.3 is 9.67 Å². The van der Waals surface area contributed by atoms with Crippen LogP contribution in [0.1, 0.15) is 5.56 Å². The minimum absolute atomic E-state index is 0.0103. The van der Waals surface area contributed by atoms with Gasteiger partial charge in [-0.15, -0.1) is 0 Å². The van der Waals surface area contributed by atoms with Crippen LogP contribution in [0, 0.1) is 0 Å². The summed E-state index contributed by atoms with van der Waals surface area (Å²) in [6.07, 6.45) is 1.96. The van der Waals surface area contributed by atoms with E-state index in [0.717, 1.165) is 16.5 Å². The van der Waals surface area contributed by atoms with E-state index >= 15 is 0 Å². The van der Waals surface area contributed by atoms with Crippen molar-refractivity contribution in [1.82, 2.24) is 4.57 Å². The van der Waals surface area contributed by atoms with Crippen LogP contribution in [0.2, 0.25) is 5.02 Å². The maximum Gasteiger partial charge on any atom is 0.0696 e. The largest absolute Gasteiger partial charge is 0.392 e. The first-order valence-electron chi connectivity index (χ1n) is 4.07. The fraction of sp³-hybridized carbons (Fsp3) is 0.200. The number of aryl methyl sites for hydroxylation is 1. The van der Waals surface area contributed by atoms with E-state index in [0.29, 0.717) is 5.02 Å². The molecule has 0 bridgehead atoms. The molecular formula is C10H10ClNO. The van der Waals surface area contributed by atoms with Crippen molar-refractivity contribution in [2.75, 3.05) is 0 Å². The van der Waals surface area contributed by atoms with Crippen molar-refractivity contribution >= 4 is 22.5 Å². The summed E-state index contributed by atoms with van der Waals surface area (Å²) >= 11 is 6.08. The summed E-state index contributed by atoms with van der Waals surface area (Å²) in [6, 6.07) is 5.77. The molecule has 0 saturated carbocycles. The van der Waals surface area contributed by atoms with Crippen molar-refractivity contribution in [3.05, 3.63) is 35.0 Å². The lowest BCUT2D eigenvalue weighted by molar-refractivity contribution is 0.282. The minimum Gasteiger partial charge on any atom is -0.392 e. The van der Waals surface area contributed by atoms with E-state index in [2.05, 4.69) is 0 Å². The number of aliphatic hydroxyl groups is 1. The quantitative estimate of drug-likeness (QED) is 0.743. The van der Waals surface area contributed by atoms with E-state index in [-0.39, 0.29) is 6.61 Å². The number of aliphatic hydroxyl groups excluding tert-OH is 1. The monoisotopic (exact) mass is 195 g/mol. The summed E-state index contributed by atoms with van der Waals surface area (Å²) in [5, 5.41) is 10.6. The molecule has 0 unspecified atom stereocenters. The van der Waals surface area contributed by atoms with Gasteiger partial charge in [0.1, 0.15) is 0 Å². The molecule has 2 rings (SSSR count). The number of fused-ring (bicyclic) bond motifs is 1. The lowest BCUT2D eigenvalue weighted by Gasteiger charge is -2.02. The van der Waals surface area contributed by atoms with Gasteiger partial charge in [0.25, 0.3) is 0 Å². The standard InChI is InChI=1S/C10H10ClNO/c1-12-5-4-8-9(12)3-2-7(6-13)10(8)11/h2-5,13H,6H2,1H3. The van der Waals surface area contributed by atoms with E-state index in [9.17, 15) is 0 Å². The van der Waals surface area contributed by atoms with E-state index in [1.165, 1.54) is 0 Å². The predicted octanol–water partition coefficient (Wildman–Crippen LogP) is 2.32. The SMILES string of the molecule is Cn1ccc2c(Cl)c(CO)ccc21. The minimum atomic E-state index is -0.0103. The first-order chi connectivity index (χ1) is 6.24. The Labute approximate surface area is 81.4 Å². The molecule has 0 spiro atoms. The highest BCUT2D eigenvalue weighted by molar-refractivity contribution is 6.36. The Hall–Kier alpha value is -0.990. The molecule has 3 heteroatoms. The highest BCUT2D eigenvalue weighted by Crippen LogP contribution is 2.27. The lowest BCUT2D eigenvalue weighted by Crippen LogP contribution is -1.87. The van der Waals surface area contributed by atoms with Gasteiger partial charge in [-0.1, -0.05) is 17.7 Å². The lowest BCUT2D eigenvalue weighted by atomic mass is 10.1. The maximum absolute atomic E-state index is 8.99. The second-order valence-corrected chi connectivity index (χ2v) is 3.43. The molecule has 0 fully saturated rings. The fourth-order valence-electron chi connectivity index (χ4n) is 1.48. The maximum atomic E-state index is 8.99. The Morgan fingerprint density at radius 2 is 2.15 bits per heavy atom. The third kappa shape index (κ3) is 1.23. The van der Waals surface area contributed by atoms with Gasteiger partial charge in [-0.05, 0) is 17.7 Å². The topological polar surface area (TPSA) is 25.2 Å². The van der Waals surface area contributed by atoms with Crippen LogP contribution < -0.4 is 0 Å².